The Morgan fingerprint density at radius 3 is 2.00 bits per heavy atom. The van der Waals surface area contributed by atoms with Crippen LogP contribution in [0.4, 0.5) is 4.79 Å². The highest BCUT2D eigenvalue weighted by molar-refractivity contribution is 6.05. The third-order valence-electron chi connectivity index (χ3n) is 2.51. The highest BCUT2D eigenvalue weighted by Gasteiger charge is 2.43. The monoisotopic (exact) mass is 285 g/mol. The van der Waals surface area contributed by atoms with Gasteiger partial charge < -0.3 is 9.47 Å². The number of carbonyl (C=O) groups excluding carboxylic acids is 3. The normalized spacial score (nSPS) is 20.0. The SMILES string of the molecule is CC(C)(C)OC(=O)C1CCN(C(=O)OC(C)(C)C)C1=O. The van der Waals surface area contributed by atoms with Gasteiger partial charge in [-0.25, -0.2) is 9.69 Å². The molecule has 1 heterocycles. The fourth-order valence-corrected chi connectivity index (χ4v) is 1.77. The van der Waals surface area contributed by atoms with Gasteiger partial charge in [0, 0.05) is 6.54 Å². The van der Waals surface area contributed by atoms with Gasteiger partial charge in [0.15, 0.2) is 0 Å². The molecule has 0 aliphatic carbocycles. The molecule has 6 nitrogen and oxygen atoms in total. The van der Waals surface area contributed by atoms with Crippen LogP contribution in [0.5, 0.6) is 0 Å². The molecule has 0 saturated carbocycles. The van der Waals surface area contributed by atoms with Gasteiger partial charge in [0.1, 0.15) is 17.1 Å². The van der Waals surface area contributed by atoms with Crippen molar-refractivity contribution in [1.82, 2.24) is 4.90 Å². The average Bonchev–Trinajstić information content (AvgIpc) is 2.54. The van der Waals surface area contributed by atoms with Crippen molar-refractivity contribution in [3.63, 3.8) is 0 Å². The Morgan fingerprint density at radius 2 is 1.55 bits per heavy atom. The quantitative estimate of drug-likeness (QED) is 0.545. The molecule has 1 rings (SSSR count). The standard InChI is InChI=1S/C14H23NO5/c1-13(2,3)19-11(17)9-7-8-15(10(9)16)12(18)20-14(4,5)6/h9H,7-8H2,1-6H3. The van der Waals surface area contributed by atoms with Crippen molar-refractivity contribution in [3.05, 3.63) is 0 Å². The number of hydrogen-bond acceptors (Lipinski definition) is 5. The molecule has 20 heavy (non-hydrogen) atoms. The summed E-state index contributed by atoms with van der Waals surface area (Å²) in [6.07, 6.45) is -0.443. The molecular weight excluding hydrogens is 262 g/mol. The Hall–Kier alpha value is -1.59. The lowest BCUT2D eigenvalue weighted by Crippen LogP contribution is -2.40. The number of hydrogen-bond donors (Lipinski definition) is 0. The summed E-state index contributed by atoms with van der Waals surface area (Å²) < 4.78 is 10.3. The van der Waals surface area contributed by atoms with Crippen molar-refractivity contribution in [2.75, 3.05) is 6.54 Å². The second-order valence-corrected chi connectivity index (χ2v) is 6.84. The van der Waals surface area contributed by atoms with Crippen molar-refractivity contribution in [3.8, 4) is 0 Å². The number of amides is 2. The topological polar surface area (TPSA) is 72.9 Å². The molecule has 1 aliphatic heterocycles. The molecule has 1 unspecified atom stereocenters. The number of carbonyl (C=O) groups is 3. The van der Waals surface area contributed by atoms with E-state index in [1.165, 1.54) is 0 Å². The summed E-state index contributed by atoms with van der Waals surface area (Å²) in [5, 5.41) is 0. The zero-order valence-corrected chi connectivity index (χ0v) is 13.0. The van der Waals surface area contributed by atoms with Crippen molar-refractivity contribution in [2.45, 2.75) is 59.2 Å². The molecule has 0 radical (unpaired) electrons. The third kappa shape index (κ3) is 4.51. The first-order chi connectivity index (χ1) is 8.91. The number of rotatable bonds is 1. The first kappa shape index (κ1) is 16.5. The first-order valence-corrected chi connectivity index (χ1v) is 6.68. The van der Waals surface area contributed by atoms with Crippen molar-refractivity contribution in [1.29, 1.82) is 0 Å². The highest BCUT2D eigenvalue weighted by Crippen LogP contribution is 2.24. The molecule has 114 valence electrons. The second kappa shape index (κ2) is 5.42. The lowest BCUT2D eigenvalue weighted by Gasteiger charge is -2.24. The molecule has 1 fully saturated rings. The van der Waals surface area contributed by atoms with E-state index in [1.54, 1.807) is 41.5 Å². The zero-order valence-electron chi connectivity index (χ0n) is 13.0. The van der Waals surface area contributed by atoms with Crippen LogP contribution >= 0.6 is 0 Å². The van der Waals surface area contributed by atoms with Gasteiger partial charge in [-0.2, -0.15) is 0 Å². The summed E-state index contributed by atoms with van der Waals surface area (Å²) in [7, 11) is 0. The predicted octanol–water partition coefficient (Wildman–Crippen LogP) is 2.11. The van der Waals surface area contributed by atoms with Gasteiger partial charge in [-0.3, -0.25) is 9.59 Å². The molecule has 0 N–H and O–H groups in total. The van der Waals surface area contributed by atoms with E-state index in [4.69, 9.17) is 9.47 Å². The second-order valence-electron chi connectivity index (χ2n) is 6.84. The summed E-state index contributed by atoms with van der Waals surface area (Å²) in [6.45, 7) is 10.5. The van der Waals surface area contributed by atoms with Crippen molar-refractivity contribution < 1.29 is 23.9 Å². The molecule has 0 aromatic carbocycles. The van der Waals surface area contributed by atoms with Crippen LogP contribution in [0.3, 0.4) is 0 Å². The third-order valence-corrected chi connectivity index (χ3v) is 2.51. The van der Waals surface area contributed by atoms with E-state index < -0.39 is 35.1 Å². The number of likely N-dealkylation sites (tertiary alicyclic amines) is 1. The fraction of sp³-hybridized carbons (Fsp3) is 0.786. The van der Waals surface area contributed by atoms with Crippen LogP contribution in [0.25, 0.3) is 0 Å². The molecule has 1 atom stereocenters. The summed E-state index contributed by atoms with van der Waals surface area (Å²) >= 11 is 0. The maximum atomic E-state index is 12.1. The van der Waals surface area contributed by atoms with Crippen LogP contribution in [0.1, 0.15) is 48.0 Å². The van der Waals surface area contributed by atoms with E-state index in [1.807, 2.05) is 0 Å². The first-order valence-electron chi connectivity index (χ1n) is 6.68. The summed E-state index contributed by atoms with van der Waals surface area (Å²) in [5.74, 6) is -2.05. The largest absolute Gasteiger partial charge is 0.459 e. The van der Waals surface area contributed by atoms with Crippen molar-refractivity contribution >= 4 is 18.0 Å². The number of ether oxygens (including phenoxy) is 2. The van der Waals surface area contributed by atoms with Crippen LogP contribution in [0.2, 0.25) is 0 Å². The van der Waals surface area contributed by atoms with Gasteiger partial charge in [-0.1, -0.05) is 0 Å². The van der Waals surface area contributed by atoms with Crippen LogP contribution < -0.4 is 0 Å². The van der Waals surface area contributed by atoms with Gasteiger partial charge in [-0.15, -0.1) is 0 Å². The average molecular weight is 285 g/mol. The predicted molar refractivity (Wildman–Crippen MR) is 71.9 cm³/mol. The maximum Gasteiger partial charge on any atom is 0.417 e. The smallest absolute Gasteiger partial charge is 0.417 e. The molecule has 2 amide bonds. The molecule has 1 aliphatic rings. The van der Waals surface area contributed by atoms with Crippen LogP contribution in [-0.2, 0) is 19.1 Å². The van der Waals surface area contributed by atoms with Crippen LogP contribution in [0, 0.1) is 5.92 Å². The zero-order chi connectivity index (χ0) is 15.7. The Morgan fingerprint density at radius 1 is 1.05 bits per heavy atom. The minimum absolute atomic E-state index is 0.178. The Labute approximate surface area is 119 Å². The summed E-state index contributed by atoms with van der Waals surface area (Å²) in [5.41, 5.74) is -1.34. The summed E-state index contributed by atoms with van der Waals surface area (Å²) in [4.78, 5) is 36.8. The molecule has 0 bridgehead atoms. The van der Waals surface area contributed by atoms with E-state index in [2.05, 4.69) is 0 Å². The molecule has 0 aromatic heterocycles. The van der Waals surface area contributed by atoms with E-state index in [9.17, 15) is 14.4 Å². The highest BCUT2D eigenvalue weighted by atomic mass is 16.6. The molecule has 0 aromatic rings. The lowest BCUT2D eigenvalue weighted by molar-refractivity contribution is -0.162. The maximum absolute atomic E-state index is 12.1. The molecule has 6 heteroatoms. The minimum Gasteiger partial charge on any atom is -0.459 e. The number of esters is 1. The van der Waals surface area contributed by atoms with E-state index >= 15 is 0 Å². The van der Waals surface area contributed by atoms with Gasteiger partial charge in [-0.05, 0) is 48.0 Å². The molecule has 0 spiro atoms. The van der Waals surface area contributed by atoms with E-state index in [0.717, 1.165) is 4.90 Å². The number of imide groups is 1. The Balaban J connectivity index is 2.69. The van der Waals surface area contributed by atoms with Crippen LogP contribution in [-0.4, -0.2) is 40.6 Å². The van der Waals surface area contributed by atoms with Gasteiger partial charge in [0.2, 0.25) is 5.91 Å². The van der Waals surface area contributed by atoms with Crippen molar-refractivity contribution in [2.24, 2.45) is 5.92 Å². The molecular formula is C14H23NO5. The van der Waals surface area contributed by atoms with Gasteiger partial charge >= 0.3 is 12.1 Å². The fourth-order valence-electron chi connectivity index (χ4n) is 1.77. The Kier molecular flexibility index (Phi) is 4.46. The lowest BCUT2D eigenvalue weighted by atomic mass is 10.1. The minimum atomic E-state index is -0.915. The van der Waals surface area contributed by atoms with Crippen LogP contribution in [0.15, 0.2) is 0 Å². The van der Waals surface area contributed by atoms with E-state index in [0.29, 0.717) is 0 Å². The Bertz CT molecular complexity index is 378. The summed E-state index contributed by atoms with van der Waals surface area (Å²) in [6, 6.07) is 0. The van der Waals surface area contributed by atoms with Gasteiger partial charge in [0.05, 0.1) is 0 Å². The molecule has 1 saturated heterocycles. The van der Waals surface area contributed by atoms with Gasteiger partial charge in [0.25, 0.3) is 0 Å². The van der Waals surface area contributed by atoms with E-state index in [-0.39, 0.29) is 13.0 Å². The number of nitrogens with zero attached hydrogens (tertiary/aromatic N) is 1.